The Bertz CT molecular complexity index is 286. The van der Waals surface area contributed by atoms with Gasteiger partial charge in [-0.2, -0.15) is 0 Å². The molecule has 1 saturated carbocycles. The van der Waals surface area contributed by atoms with Crippen LogP contribution in [0.25, 0.3) is 0 Å². The maximum atomic E-state index is 6.10. The molecule has 0 amide bonds. The standard InChI is InChI=1S/C11H19N3S/c1-8(11-13-6-7-15-11)14-10-5-3-2-4-9(10)12/h6-10,14H,2-5,12H2,1H3/t8-,9+,10+/m0/s1. The molecular formula is C11H19N3S. The summed E-state index contributed by atoms with van der Waals surface area (Å²) in [5.41, 5.74) is 6.10. The summed E-state index contributed by atoms with van der Waals surface area (Å²) in [4.78, 5) is 4.32. The highest BCUT2D eigenvalue weighted by atomic mass is 32.1. The second-order valence-electron chi connectivity index (χ2n) is 4.31. The molecule has 1 aromatic heterocycles. The first-order valence-electron chi connectivity index (χ1n) is 5.68. The van der Waals surface area contributed by atoms with Crippen LogP contribution in [0.1, 0.15) is 43.7 Å². The zero-order valence-electron chi connectivity index (χ0n) is 9.15. The fourth-order valence-electron chi connectivity index (χ4n) is 2.21. The summed E-state index contributed by atoms with van der Waals surface area (Å²) >= 11 is 1.71. The summed E-state index contributed by atoms with van der Waals surface area (Å²) in [6.07, 6.45) is 6.80. The van der Waals surface area contributed by atoms with Gasteiger partial charge in [-0.05, 0) is 19.8 Å². The number of hydrogen-bond acceptors (Lipinski definition) is 4. The predicted molar refractivity (Wildman–Crippen MR) is 63.9 cm³/mol. The van der Waals surface area contributed by atoms with Gasteiger partial charge in [0, 0.05) is 23.7 Å². The SMILES string of the molecule is C[C@H](N[C@@H]1CCCC[C@H]1N)c1nccs1. The Balaban J connectivity index is 1.90. The van der Waals surface area contributed by atoms with Crippen molar-refractivity contribution in [1.29, 1.82) is 0 Å². The first-order chi connectivity index (χ1) is 7.27. The lowest BCUT2D eigenvalue weighted by molar-refractivity contribution is 0.306. The highest BCUT2D eigenvalue weighted by Crippen LogP contribution is 2.21. The van der Waals surface area contributed by atoms with Crippen LogP contribution < -0.4 is 11.1 Å². The number of nitrogens with two attached hydrogens (primary N) is 1. The van der Waals surface area contributed by atoms with Gasteiger partial charge in [-0.3, -0.25) is 0 Å². The summed E-state index contributed by atoms with van der Waals surface area (Å²) in [6.45, 7) is 2.17. The van der Waals surface area contributed by atoms with Crippen LogP contribution in [0.15, 0.2) is 11.6 Å². The minimum atomic E-state index is 0.321. The average Bonchev–Trinajstić information content (AvgIpc) is 2.74. The van der Waals surface area contributed by atoms with Crippen molar-refractivity contribution >= 4 is 11.3 Å². The van der Waals surface area contributed by atoms with Crippen LogP contribution in [-0.4, -0.2) is 17.1 Å². The van der Waals surface area contributed by atoms with Gasteiger partial charge in [-0.25, -0.2) is 4.98 Å². The largest absolute Gasteiger partial charge is 0.326 e. The quantitative estimate of drug-likeness (QED) is 0.828. The lowest BCUT2D eigenvalue weighted by Crippen LogP contribution is -2.47. The lowest BCUT2D eigenvalue weighted by Gasteiger charge is -2.31. The maximum absolute atomic E-state index is 6.10. The van der Waals surface area contributed by atoms with E-state index in [9.17, 15) is 0 Å². The first-order valence-corrected chi connectivity index (χ1v) is 6.56. The number of rotatable bonds is 3. The summed E-state index contributed by atoms with van der Waals surface area (Å²) < 4.78 is 0. The fraction of sp³-hybridized carbons (Fsp3) is 0.727. The number of hydrogen-bond donors (Lipinski definition) is 2. The zero-order chi connectivity index (χ0) is 10.7. The second-order valence-corrected chi connectivity index (χ2v) is 5.24. The lowest BCUT2D eigenvalue weighted by atomic mass is 9.90. The molecule has 1 aliphatic rings. The van der Waals surface area contributed by atoms with E-state index in [-0.39, 0.29) is 0 Å². The molecule has 1 fully saturated rings. The van der Waals surface area contributed by atoms with E-state index in [1.54, 1.807) is 11.3 Å². The smallest absolute Gasteiger partial charge is 0.109 e. The fourth-order valence-corrected chi connectivity index (χ4v) is 2.86. The molecule has 0 aliphatic heterocycles. The van der Waals surface area contributed by atoms with Gasteiger partial charge in [0.25, 0.3) is 0 Å². The van der Waals surface area contributed by atoms with E-state index in [1.807, 2.05) is 11.6 Å². The zero-order valence-corrected chi connectivity index (χ0v) is 9.96. The molecule has 3 N–H and O–H groups in total. The molecule has 0 aromatic carbocycles. The minimum Gasteiger partial charge on any atom is -0.326 e. The van der Waals surface area contributed by atoms with Crippen molar-refractivity contribution in [2.75, 3.05) is 0 Å². The molecule has 3 nitrogen and oxygen atoms in total. The van der Waals surface area contributed by atoms with Gasteiger partial charge >= 0.3 is 0 Å². The van der Waals surface area contributed by atoms with Crippen molar-refractivity contribution in [2.24, 2.45) is 5.73 Å². The van der Waals surface area contributed by atoms with Gasteiger partial charge < -0.3 is 11.1 Å². The number of nitrogens with one attached hydrogen (secondary N) is 1. The van der Waals surface area contributed by atoms with Gasteiger partial charge in [-0.1, -0.05) is 12.8 Å². The van der Waals surface area contributed by atoms with Gasteiger partial charge in [-0.15, -0.1) is 11.3 Å². The van der Waals surface area contributed by atoms with E-state index >= 15 is 0 Å². The van der Waals surface area contributed by atoms with E-state index in [2.05, 4.69) is 17.2 Å². The third-order valence-corrected chi connectivity index (χ3v) is 4.06. The Labute approximate surface area is 95.1 Å². The monoisotopic (exact) mass is 225 g/mol. The predicted octanol–water partition coefficient (Wildman–Crippen LogP) is 2.06. The van der Waals surface area contributed by atoms with Crippen molar-refractivity contribution in [1.82, 2.24) is 10.3 Å². The van der Waals surface area contributed by atoms with Crippen LogP contribution in [0.3, 0.4) is 0 Å². The van der Waals surface area contributed by atoms with Crippen LogP contribution in [-0.2, 0) is 0 Å². The van der Waals surface area contributed by atoms with Crippen molar-refractivity contribution in [3.05, 3.63) is 16.6 Å². The van der Waals surface area contributed by atoms with Crippen LogP contribution >= 0.6 is 11.3 Å². The molecule has 0 unspecified atom stereocenters. The molecule has 2 rings (SSSR count). The molecule has 1 heterocycles. The topological polar surface area (TPSA) is 50.9 Å². The van der Waals surface area contributed by atoms with Gasteiger partial charge in [0.1, 0.15) is 5.01 Å². The Morgan fingerprint density at radius 1 is 1.53 bits per heavy atom. The van der Waals surface area contributed by atoms with Gasteiger partial charge in [0.05, 0.1) is 6.04 Å². The van der Waals surface area contributed by atoms with Crippen molar-refractivity contribution < 1.29 is 0 Å². The third kappa shape index (κ3) is 2.77. The first kappa shape index (κ1) is 11.0. The molecule has 0 saturated heterocycles. The summed E-state index contributed by atoms with van der Waals surface area (Å²) in [6, 6.07) is 1.12. The molecule has 0 spiro atoms. The van der Waals surface area contributed by atoms with Crippen LogP contribution in [0.4, 0.5) is 0 Å². The minimum absolute atomic E-state index is 0.321. The van der Waals surface area contributed by atoms with E-state index in [4.69, 9.17) is 5.73 Å². The molecule has 0 bridgehead atoms. The second kappa shape index (κ2) is 5.05. The van der Waals surface area contributed by atoms with Gasteiger partial charge in [0.2, 0.25) is 0 Å². The third-order valence-electron chi connectivity index (χ3n) is 3.11. The normalized spacial score (nSPS) is 28.9. The Kier molecular flexibility index (Phi) is 3.72. The molecule has 3 atom stereocenters. The van der Waals surface area contributed by atoms with E-state index in [0.29, 0.717) is 18.1 Å². The van der Waals surface area contributed by atoms with Crippen molar-refractivity contribution in [3.63, 3.8) is 0 Å². The number of nitrogens with zero attached hydrogens (tertiary/aromatic N) is 1. The highest BCUT2D eigenvalue weighted by molar-refractivity contribution is 7.09. The molecule has 0 radical (unpaired) electrons. The summed E-state index contributed by atoms with van der Waals surface area (Å²) in [5, 5.41) is 6.78. The Morgan fingerprint density at radius 2 is 2.33 bits per heavy atom. The molecule has 1 aromatic rings. The maximum Gasteiger partial charge on any atom is 0.109 e. The number of aromatic nitrogens is 1. The van der Waals surface area contributed by atoms with Gasteiger partial charge in [0.15, 0.2) is 0 Å². The molecule has 1 aliphatic carbocycles. The molecular weight excluding hydrogens is 206 g/mol. The Hall–Kier alpha value is -0.450. The average molecular weight is 225 g/mol. The van der Waals surface area contributed by atoms with Crippen LogP contribution in [0.5, 0.6) is 0 Å². The Morgan fingerprint density at radius 3 is 3.00 bits per heavy atom. The molecule has 4 heteroatoms. The summed E-state index contributed by atoms with van der Waals surface area (Å²) in [7, 11) is 0. The number of thiazole rings is 1. The van der Waals surface area contributed by atoms with Crippen LogP contribution in [0.2, 0.25) is 0 Å². The summed E-state index contributed by atoms with van der Waals surface area (Å²) in [5.74, 6) is 0. The van der Waals surface area contributed by atoms with E-state index in [1.165, 1.54) is 19.3 Å². The molecule has 15 heavy (non-hydrogen) atoms. The highest BCUT2D eigenvalue weighted by Gasteiger charge is 2.23. The van der Waals surface area contributed by atoms with E-state index in [0.717, 1.165) is 11.4 Å². The van der Waals surface area contributed by atoms with Crippen LogP contribution in [0, 0.1) is 0 Å². The molecule has 84 valence electrons. The van der Waals surface area contributed by atoms with Crippen molar-refractivity contribution in [2.45, 2.75) is 50.7 Å². The van der Waals surface area contributed by atoms with E-state index < -0.39 is 0 Å². The van der Waals surface area contributed by atoms with Crippen molar-refractivity contribution in [3.8, 4) is 0 Å².